The van der Waals surface area contributed by atoms with Gasteiger partial charge in [0.25, 0.3) is 0 Å². The minimum absolute atomic E-state index is 0.0607. The average molecular weight is 346 g/mol. The van der Waals surface area contributed by atoms with Crippen LogP contribution in [0.3, 0.4) is 0 Å². The monoisotopic (exact) mass is 346 g/mol. The van der Waals surface area contributed by atoms with Crippen molar-refractivity contribution in [3.05, 3.63) is 70.5 Å². The molecule has 1 aliphatic rings. The van der Waals surface area contributed by atoms with Crippen molar-refractivity contribution in [1.82, 2.24) is 0 Å². The fourth-order valence-corrected chi connectivity index (χ4v) is 3.27. The van der Waals surface area contributed by atoms with Gasteiger partial charge >= 0.3 is 0 Å². The van der Waals surface area contributed by atoms with Gasteiger partial charge in [-0.3, -0.25) is 0 Å². The first kappa shape index (κ1) is 17.5. The summed E-state index contributed by atoms with van der Waals surface area (Å²) in [6.07, 6.45) is 1.62. The van der Waals surface area contributed by atoms with Gasteiger partial charge in [0.1, 0.15) is 6.17 Å². The Kier molecular flexibility index (Phi) is 5.13. The molecule has 0 N–H and O–H groups in total. The number of hydrogen-bond acceptors (Lipinski definition) is 0. The van der Waals surface area contributed by atoms with Gasteiger partial charge in [0, 0.05) is 17.0 Å². The highest BCUT2D eigenvalue weighted by Gasteiger charge is 2.29. The van der Waals surface area contributed by atoms with Crippen LogP contribution in [0.25, 0.3) is 0 Å². The van der Waals surface area contributed by atoms with Crippen LogP contribution in [0.2, 0.25) is 0 Å². The number of alkyl halides is 1. The molecule has 0 amide bonds. The van der Waals surface area contributed by atoms with E-state index in [1.165, 1.54) is 0 Å². The second kappa shape index (κ2) is 7.31. The van der Waals surface area contributed by atoms with Crippen LogP contribution in [0.4, 0.5) is 17.6 Å². The lowest BCUT2D eigenvalue weighted by molar-refractivity contribution is 0.177. The number of halogens is 4. The van der Waals surface area contributed by atoms with Gasteiger partial charge < -0.3 is 0 Å². The van der Waals surface area contributed by atoms with E-state index in [-0.39, 0.29) is 11.5 Å². The van der Waals surface area contributed by atoms with E-state index in [4.69, 9.17) is 0 Å². The van der Waals surface area contributed by atoms with E-state index in [2.05, 4.69) is 18.8 Å². The van der Waals surface area contributed by atoms with Crippen LogP contribution in [-0.2, 0) is 0 Å². The Morgan fingerprint density at radius 2 is 1.48 bits per heavy atom. The van der Waals surface area contributed by atoms with Gasteiger partial charge in [-0.25, -0.2) is 17.6 Å². The summed E-state index contributed by atoms with van der Waals surface area (Å²) in [7, 11) is 0. The summed E-state index contributed by atoms with van der Waals surface area (Å²) < 4.78 is 53.5. The van der Waals surface area contributed by atoms with E-state index < -0.39 is 23.6 Å². The molecule has 0 heterocycles. The van der Waals surface area contributed by atoms with Crippen LogP contribution in [0.5, 0.6) is 0 Å². The molecule has 3 atom stereocenters. The molecule has 4 heteroatoms. The predicted octanol–water partition coefficient (Wildman–Crippen LogP) is 5.75. The molecule has 25 heavy (non-hydrogen) atoms. The average Bonchev–Trinajstić information content (AvgIpc) is 2.58. The first-order valence-electron chi connectivity index (χ1n) is 8.34. The van der Waals surface area contributed by atoms with Gasteiger partial charge in [0.2, 0.25) is 0 Å². The molecule has 1 aliphatic carbocycles. The Hall–Kier alpha value is -2.28. The molecule has 0 radical (unpaired) electrons. The summed E-state index contributed by atoms with van der Waals surface area (Å²) in [6.45, 7) is 2.07. The molecular weight excluding hydrogens is 328 g/mol. The maximum Gasteiger partial charge on any atom is 0.194 e. The normalized spacial score (nSPS) is 23.0. The first-order chi connectivity index (χ1) is 11.9. The van der Waals surface area contributed by atoms with Gasteiger partial charge in [-0.2, -0.15) is 0 Å². The molecule has 2 aromatic carbocycles. The van der Waals surface area contributed by atoms with Gasteiger partial charge in [-0.1, -0.05) is 30.9 Å². The molecule has 0 spiro atoms. The molecular formula is C21H18F4. The summed E-state index contributed by atoms with van der Waals surface area (Å²) in [4.78, 5) is 0. The molecule has 0 aromatic heterocycles. The molecule has 0 nitrogen and oxygen atoms in total. The molecule has 1 fully saturated rings. The minimum Gasteiger partial charge on any atom is -0.247 e. The Morgan fingerprint density at radius 3 is 2.08 bits per heavy atom. The zero-order chi connectivity index (χ0) is 18.0. The lowest BCUT2D eigenvalue weighted by atomic mass is 9.78. The number of benzene rings is 2. The van der Waals surface area contributed by atoms with Crippen molar-refractivity contribution in [2.45, 2.75) is 38.3 Å². The molecule has 0 aliphatic heterocycles. The van der Waals surface area contributed by atoms with E-state index >= 15 is 0 Å². The zero-order valence-corrected chi connectivity index (χ0v) is 13.8. The van der Waals surface area contributed by atoms with E-state index in [0.29, 0.717) is 17.9 Å². The maximum atomic E-state index is 14.2. The van der Waals surface area contributed by atoms with Crippen LogP contribution in [0, 0.1) is 35.2 Å². The van der Waals surface area contributed by atoms with Gasteiger partial charge in [-0.05, 0) is 55.0 Å². The van der Waals surface area contributed by atoms with Crippen molar-refractivity contribution < 1.29 is 17.6 Å². The highest BCUT2D eigenvalue weighted by atomic mass is 19.2. The standard InChI is InChI=1S/C21H18F4/c1-13-2-9-17(18(22)10-13)16-7-5-14(6-8-16)3-4-15-11-19(23)21(25)20(24)12-15/h5-8,11-13,17-18H,2,9-10H2,1H3. The topological polar surface area (TPSA) is 0 Å². The molecule has 0 bridgehead atoms. The van der Waals surface area contributed by atoms with Gasteiger partial charge in [0.15, 0.2) is 17.5 Å². The summed E-state index contributed by atoms with van der Waals surface area (Å²) in [6, 6.07) is 8.95. The van der Waals surface area contributed by atoms with Crippen LogP contribution in [-0.4, -0.2) is 6.17 Å². The summed E-state index contributed by atoms with van der Waals surface area (Å²) in [5, 5.41) is 0. The van der Waals surface area contributed by atoms with E-state index in [1.807, 2.05) is 12.1 Å². The van der Waals surface area contributed by atoms with E-state index in [9.17, 15) is 17.6 Å². The Morgan fingerprint density at radius 1 is 0.880 bits per heavy atom. The van der Waals surface area contributed by atoms with Gasteiger partial charge in [0.05, 0.1) is 0 Å². The molecule has 2 aromatic rings. The highest BCUT2D eigenvalue weighted by Crippen LogP contribution is 2.37. The minimum atomic E-state index is -1.50. The second-order valence-corrected chi connectivity index (χ2v) is 6.67. The molecule has 130 valence electrons. The summed E-state index contributed by atoms with van der Waals surface area (Å²) in [5.41, 5.74) is 1.66. The lowest BCUT2D eigenvalue weighted by Crippen LogP contribution is -2.23. The Balaban J connectivity index is 1.76. The zero-order valence-electron chi connectivity index (χ0n) is 13.8. The lowest BCUT2D eigenvalue weighted by Gasteiger charge is -2.30. The third-order valence-corrected chi connectivity index (χ3v) is 4.71. The summed E-state index contributed by atoms with van der Waals surface area (Å²) in [5.74, 6) is 1.71. The van der Waals surface area contributed by atoms with E-state index in [0.717, 1.165) is 30.5 Å². The number of hydrogen-bond donors (Lipinski definition) is 0. The largest absolute Gasteiger partial charge is 0.247 e. The second-order valence-electron chi connectivity index (χ2n) is 6.67. The summed E-state index contributed by atoms with van der Waals surface area (Å²) >= 11 is 0. The predicted molar refractivity (Wildman–Crippen MR) is 89.4 cm³/mol. The quantitative estimate of drug-likeness (QED) is 0.351. The van der Waals surface area contributed by atoms with Crippen molar-refractivity contribution in [1.29, 1.82) is 0 Å². The smallest absolute Gasteiger partial charge is 0.194 e. The Labute approximate surface area is 144 Å². The molecule has 3 rings (SSSR count). The van der Waals surface area contributed by atoms with Crippen LogP contribution in [0.15, 0.2) is 36.4 Å². The highest BCUT2D eigenvalue weighted by molar-refractivity contribution is 5.44. The van der Waals surface area contributed by atoms with Crippen molar-refractivity contribution in [2.24, 2.45) is 5.92 Å². The van der Waals surface area contributed by atoms with Crippen molar-refractivity contribution in [2.75, 3.05) is 0 Å². The third kappa shape index (κ3) is 4.04. The third-order valence-electron chi connectivity index (χ3n) is 4.71. The SMILES string of the molecule is CC1CCC(c2ccc(C#Cc3cc(F)c(F)c(F)c3)cc2)C(F)C1. The van der Waals surface area contributed by atoms with Crippen molar-refractivity contribution >= 4 is 0 Å². The maximum absolute atomic E-state index is 14.2. The van der Waals surface area contributed by atoms with E-state index in [1.54, 1.807) is 12.1 Å². The van der Waals surface area contributed by atoms with Gasteiger partial charge in [-0.15, -0.1) is 0 Å². The van der Waals surface area contributed by atoms with Crippen LogP contribution < -0.4 is 0 Å². The molecule has 0 saturated heterocycles. The van der Waals surface area contributed by atoms with Crippen molar-refractivity contribution in [3.63, 3.8) is 0 Å². The van der Waals surface area contributed by atoms with Crippen molar-refractivity contribution in [3.8, 4) is 11.8 Å². The fraction of sp³-hybridized carbons (Fsp3) is 0.333. The van der Waals surface area contributed by atoms with Crippen LogP contribution >= 0.6 is 0 Å². The molecule has 3 unspecified atom stereocenters. The number of rotatable bonds is 1. The van der Waals surface area contributed by atoms with Crippen LogP contribution in [0.1, 0.15) is 48.8 Å². The molecule has 1 saturated carbocycles. The fourth-order valence-electron chi connectivity index (χ4n) is 3.27. The first-order valence-corrected chi connectivity index (χ1v) is 8.34. The Bertz CT molecular complexity index is 791.